The highest BCUT2D eigenvalue weighted by atomic mass is 16.7. The summed E-state index contributed by atoms with van der Waals surface area (Å²) in [6.45, 7) is 2.81. The van der Waals surface area contributed by atoms with E-state index in [4.69, 9.17) is 14.6 Å². The molecular formula is C10H14N2O3. The maximum absolute atomic E-state index is 9.07. The largest absolute Gasteiger partial charge is 0.505 e. The van der Waals surface area contributed by atoms with E-state index in [-0.39, 0.29) is 18.1 Å². The first kappa shape index (κ1) is 10.3. The van der Waals surface area contributed by atoms with Gasteiger partial charge in [-0.3, -0.25) is 0 Å². The Morgan fingerprint density at radius 1 is 1.40 bits per heavy atom. The SMILES string of the molecule is CCOCOC1(c2ncc(O)cn2)CC1. The third-order valence-electron chi connectivity index (χ3n) is 2.37. The van der Waals surface area contributed by atoms with Crippen LogP contribution >= 0.6 is 0 Å². The molecule has 0 unspecified atom stereocenters. The van der Waals surface area contributed by atoms with Gasteiger partial charge in [0.05, 0.1) is 12.4 Å². The van der Waals surface area contributed by atoms with Gasteiger partial charge in [-0.1, -0.05) is 0 Å². The summed E-state index contributed by atoms with van der Waals surface area (Å²) in [5, 5.41) is 9.07. The minimum absolute atomic E-state index is 0.0689. The average molecular weight is 210 g/mol. The Bertz CT molecular complexity index is 322. The van der Waals surface area contributed by atoms with E-state index in [1.54, 1.807) is 0 Å². The molecule has 1 saturated carbocycles. The monoisotopic (exact) mass is 210 g/mol. The molecule has 5 heteroatoms. The Morgan fingerprint density at radius 3 is 2.60 bits per heavy atom. The van der Waals surface area contributed by atoms with Gasteiger partial charge in [-0.15, -0.1) is 0 Å². The molecule has 1 fully saturated rings. The maximum Gasteiger partial charge on any atom is 0.160 e. The van der Waals surface area contributed by atoms with Crippen LogP contribution in [-0.2, 0) is 15.1 Å². The predicted octanol–water partition coefficient (Wildman–Crippen LogP) is 1.18. The number of hydrogen-bond acceptors (Lipinski definition) is 5. The topological polar surface area (TPSA) is 64.5 Å². The zero-order valence-corrected chi connectivity index (χ0v) is 8.64. The van der Waals surface area contributed by atoms with Gasteiger partial charge in [0, 0.05) is 6.61 Å². The van der Waals surface area contributed by atoms with E-state index in [9.17, 15) is 0 Å². The second-order valence-corrected chi connectivity index (χ2v) is 3.51. The van der Waals surface area contributed by atoms with E-state index < -0.39 is 0 Å². The molecule has 0 atom stereocenters. The standard InChI is InChI=1S/C10H14N2O3/c1-2-14-7-15-10(3-4-10)9-11-5-8(13)6-12-9/h5-6,13H,2-4,7H2,1H3. The number of aromatic nitrogens is 2. The van der Waals surface area contributed by atoms with Crippen molar-refractivity contribution in [2.45, 2.75) is 25.4 Å². The number of rotatable bonds is 5. The van der Waals surface area contributed by atoms with E-state index >= 15 is 0 Å². The lowest BCUT2D eigenvalue weighted by Crippen LogP contribution is -2.17. The van der Waals surface area contributed by atoms with Gasteiger partial charge >= 0.3 is 0 Å². The van der Waals surface area contributed by atoms with Crippen molar-refractivity contribution >= 4 is 0 Å². The van der Waals surface area contributed by atoms with E-state index in [1.165, 1.54) is 12.4 Å². The van der Waals surface area contributed by atoms with Crippen LogP contribution in [0.3, 0.4) is 0 Å². The van der Waals surface area contributed by atoms with Gasteiger partial charge in [-0.25, -0.2) is 9.97 Å². The number of aromatic hydroxyl groups is 1. The molecule has 82 valence electrons. The van der Waals surface area contributed by atoms with Crippen molar-refractivity contribution in [1.82, 2.24) is 9.97 Å². The van der Waals surface area contributed by atoms with Gasteiger partial charge in [-0.05, 0) is 19.8 Å². The van der Waals surface area contributed by atoms with Crippen LogP contribution < -0.4 is 0 Å². The quantitative estimate of drug-likeness (QED) is 0.584. The highest BCUT2D eigenvalue weighted by molar-refractivity contribution is 5.17. The van der Waals surface area contributed by atoms with Crippen molar-refractivity contribution in [2.24, 2.45) is 0 Å². The molecule has 0 bridgehead atoms. The molecule has 1 aliphatic rings. The molecule has 1 aromatic heterocycles. The predicted molar refractivity (Wildman–Crippen MR) is 52.2 cm³/mol. The summed E-state index contributed by atoms with van der Waals surface area (Å²) in [4.78, 5) is 8.10. The summed E-state index contributed by atoms with van der Waals surface area (Å²) in [6, 6.07) is 0. The molecule has 0 aliphatic heterocycles. The molecule has 1 heterocycles. The number of nitrogens with zero attached hydrogens (tertiary/aromatic N) is 2. The Hall–Kier alpha value is -1.20. The fraction of sp³-hybridized carbons (Fsp3) is 0.600. The maximum atomic E-state index is 9.07. The third kappa shape index (κ3) is 2.24. The fourth-order valence-electron chi connectivity index (χ4n) is 1.34. The second kappa shape index (κ2) is 4.12. The smallest absolute Gasteiger partial charge is 0.160 e. The molecule has 0 aromatic carbocycles. The normalized spacial score (nSPS) is 17.7. The van der Waals surface area contributed by atoms with Crippen molar-refractivity contribution in [3.8, 4) is 5.75 Å². The molecule has 1 N–H and O–H groups in total. The van der Waals surface area contributed by atoms with Crippen molar-refractivity contribution in [2.75, 3.05) is 13.4 Å². The lowest BCUT2D eigenvalue weighted by atomic mass is 10.3. The highest BCUT2D eigenvalue weighted by Crippen LogP contribution is 2.47. The van der Waals surface area contributed by atoms with Gasteiger partial charge in [0.2, 0.25) is 0 Å². The summed E-state index contributed by atoms with van der Waals surface area (Å²) >= 11 is 0. The zero-order valence-electron chi connectivity index (χ0n) is 8.64. The zero-order chi connectivity index (χ0) is 10.7. The minimum atomic E-state index is -0.372. The van der Waals surface area contributed by atoms with Gasteiger partial charge in [0.25, 0.3) is 0 Å². The third-order valence-corrected chi connectivity index (χ3v) is 2.37. The van der Waals surface area contributed by atoms with Gasteiger partial charge in [0.15, 0.2) is 11.6 Å². The number of hydrogen-bond donors (Lipinski definition) is 1. The van der Waals surface area contributed by atoms with E-state index in [1.807, 2.05) is 6.92 Å². The highest BCUT2D eigenvalue weighted by Gasteiger charge is 2.48. The van der Waals surface area contributed by atoms with Crippen molar-refractivity contribution in [3.05, 3.63) is 18.2 Å². The van der Waals surface area contributed by atoms with Gasteiger partial charge in [-0.2, -0.15) is 0 Å². The fourth-order valence-corrected chi connectivity index (χ4v) is 1.34. The molecule has 0 amide bonds. The lowest BCUT2D eigenvalue weighted by molar-refractivity contribution is -0.104. The van der Waals surface area contributed by atoms with E-state index in [0.717, 1.165) is 12.8 Å². The average Bonchev–Trinajstić information content (AvgIpc) is 3.00. The molecule has 1 aliphatic carbocycles. The van der Waals surface area contributed by atoms with Crippen molar-refractivity contribution < 1.29 is 14.6 Å². The van der Waals surface area contributed by atoms with Gasteiger partial charge < -0.3 is 14.6 Å². The molecule has 5 nitrogen and oxygen atoms in total. The lowest BCUT2D eigenvalue weighted by Gasteiger charge is -2.14. The summed E-state index contributed by atoms with van der Waals surface area (Å²) < 4.78 is 10.7. The first-order chi connectivity index (χ1) is 7.27. The van der Waals surface area contributed by atoms with Crippen molar-refractivity contribution in [3.63, 3.8) is 0 Å². The van der Waals surface area contributed by atoms with Crippen LogP contribution in [0.15, 0.2) is 12.4 Å². The van der Waals surface area contributed by atoms with Gasteiger partial charge in [0.1, 0.15) is 12.4 Å². The van der Waals surface area contributed by atoms with Crippen molar-refractivity contribution in [1.29, 1.82) is 0 Å². The molecule has 0 radical (unpaired) electrons. The summed E-state index contributed by atoms with van der Waals surface area (Å²) in [5.41, 5.74) is -0.372. The molecule has 2 rings (SSSR count). The number of ether oxygens (including phenoxy) is 2. The minimum Gasteiger partial charge on any atom is -0.505 e. The molecular weight excluding hydrogens is 196 g/mol. The van der Waals surface area contributed by atoms with Crippen LogP contribution in [0.1, 0.15) is 25.6 Å². The first-order valence-electron chi connectivity index (χ1n) is 5.00. The Balaban J connectivity index is 1.99. The Kier molecular flexibility index (Phi) is 2.83. The van der Waals surface area contributed by atoms with Crippen LogP contribution in [0.2, 0.25) is 0 Å². The van der Waals surface area contributed by atoms with E-state index in [2.05, 4.69) is 9.97 Å². The Labute approximate surface area is 88.1 Å². The van der Waals surface area contributed by atoms with Crippen LogP contribution in [0, 0.1) is 0 Å². The summed E-state index contributed by atoms with van der Waals surface area (Å²) in [7, 11) is 0. The second-order valence-electron chi connectivity index (χ2n) is 3.51. The van der Waals surface area contributed by atoms with Crippen LogP contribution in [0.4, 0.5) is 0 Å². The molecule has 0 saturated heterocycles. The molecule has 1 aromatic rings. The molecule has 0 spiro atoms. The van der Waals surface area contributed by atoms with E-state index in [0.29, 0.717) is 12.4 Å². The molecule has 15 heavy (non-hydrogen) atoms. The Morgan fingerprint density at radius 2 is 2.07 bits per heavy atom. The summed E-state index contributed by atoms with van der Waals surface area (Å²) in [5.74, 6) is 0.694. The van der Waals surface area contributed by atoms with Crippen LogP contribution in [0.25, 0.3) is 0 Å². The summed E-state index contributed by atoms with van der Waals surface area (Å²) in [6.07, 6.45) is 4.58. The van der Waals surface area contributed by atoms with Crippen LogP contribution in [0.5, 0.6) is 5.75 Å². The first-order valence-corrected chi connectivity index (χ1v) is 5.00. The van der Waals surface area contributed by atoms with Crippen LogP contribution in [-0.4, -0.2) is 28.5 Å².